The second kappa shape index (κ2) is 7.48. The lowest BCUT2D eigenvalue weighted by Gasteiger charge is -2.41. The fourth-order valence-corrected chi connectivity index (χ4v) is 1.76. The Bertz CT molecular complexity index is 343. The number of carbonyl (C=O) groups is 1. The highest BCUT2D eigenvalue weighted by atomic mass is 16.5. The van der Waals surface area contributed by atoms with Gasteiger partial charge >= 0.3 is 0 Å². The van der Waals surface area contributed by atoms with Crippen molar-refractivity contribution < 1.29 is 25.2 Å². The zero-order valence-electron chi connectivity index (χ0n) is 13.5. The summed E-state index contributed by atoms with van der Waals surface area (Å²) in [4.78, 5) is 12.3. The summed E-state index contributed by atoms with van der Waals surface area (Å²) in [6.07, 6.45) is -2.15. The van der Waals surface area contributed by atoms with Crippen molar-refractivity contribution in [2.24, 2.45) is 11.3 Å². The Labute approximate surface area is 125 Å². The number of quaternary nitrogens is 1. The zero-order valence-corrected chi connectivity index (χ0v) is 13.5. The van der Waals surface area contributed by atoms with Gasteiger partial charge in [0.1, 0.15) is 18.9 Å². The Morgan fingerprint density at radius 1 is 1.29 bits per heavy atom. The summed E-state index contributed by atoms with van der Waals surface area (Å²) in [5.41, 5.74) is -1.72. The van der Waals surface area contributed by atoms with E-state index < -0.39 is 35.4 Å². The summed E-state index contributed by atoms with van der Waals surface area (Å²) in [7, 11) is 0. The van der Waals surface area contributed by atoms with Crippen molar-refractivity contribution in [3.63, 3.8) is 0 Å². The van der Waals surface area contributed by atoms with Crippen LogP contribution in [-0.2, 0) is 4.79 Å². The number of nitrogens with zero attached hydrogens (tertiary/aromatic N) is 1. The number of hydroxylamine groups is 2. The summed E-state index contributed by atoms with van der Waals surface area (Å²) in [5.74, 6) is 4.90. The minimum Gasteiger partial charge on any atom is -0.633 e. The van der Waals surface area contributed by atoms with E-state index in [1.54, 1.807) is 0 Å². The number of hydrazine groups is 1. The first-order valence-corrected chi connectivity index (χ1v) is 6.91. The number of hydrogen-bond donors (Lipinski definition) is 5. The predicted octanol–water partition coefficient (Wildman–Crippen LogP) is -2.04. The van der Waals surface area contributed by atoms with E-state index in [-0.39, 0.29) is 18.4 Å². The van der Waals surface area contributed by atoms with Crippen LogP contribution in [0.1, 0.15) is 41.0 Å². The molecule has 0 spiro atoms. The van der Waals surface area contributed by atoms with Crippen LogP contribution in [0.15, 0.2) is 0 Å². The summed E-state index contributed by atoms with van der Waals surface area (Å²) in [5, 5.41) is 40.2. The predicted molar refractivity (Wildman–Crippen MR) is 77.5 cm³/mol. The number of amides is 1. The number of rotatable bonds is 7. The highest BCUT2D eigenvalue weighted by molar-refractivity contribution is 5.83. The molecule has 0 heterocycles. The summed E-state index contributed by atoms with van der Waals surface area (Å²) in [6.45, 7) is 7.53. The molecule has 8 nitrogen and oxygen atoms in total. The van der Waals surface area contributed by atoms with Gasteiger partial charge in [-0.3, -0.25) is 4.79 Å². The first kappa shape index (κ1) is 20.2. The van der Waals surface area contributed by atoms with Crippen molar-refractivity contribution in [1.82, 2.24) is 5.01 Å². The van der Waals surface area contributed by atoms with Crippen LogP contribution in [0.2, 0.25) is 0 Å². The van der Waals surface area contributed by atoms with Gasteiger partial charge in [0.25, 0.3) is 5.91 Å². The van der Waals surface area contributed by atoms with Crippen LogP contribution in [0.5, 0.6) is 0 Å². The Morgan fingerprint density at radius 3 is 2.14 bits per heavy atom. The Balaban J connectivity index is 4.87. The largest absolute Gasteiger partial charge is 0.633 e. The SMILES string of the molecule is CC(C)(C)CC(O)N(N)C(=O)C(C)(C)[NH+]([O-])CC(O)CO. The molecule has 0 aliphatic heterocycles. The summed E-state index contributed by atoms with van der Waals surface area (Å²) in [6, 6.07) is 0. The molecule has 0 radical (unpaired) electrons. The maximum atomic E-state index is 12.3. The molecule has 0 bridgehead atoms. The Hall–Kier alpha value is -0.770. The molecule has 8 heteroatoms. The third-order valence-electron chi connectivity index (χ3n) is 3.21. The summed E-state index contributed by atoms with van der Waals surface area (Å²) >= 11 is 0. The van der Waals surface area contributed by atoms with Crippen LogP contribution < -0.4 is 10.9 Å². The van der Waals surface area contributed by atoms with Gasteiger partial charge in [-0.05, 0) is 11.8 Å². The van der Waals surface area contributed by atoms with Crippen molar-refractivity contribution in [3.05, 3.63) is 5.21 Å². The Morgan fingerprint density at radius 2 is 1.76 bits per heavy atom. The molecule has 0 aromatic rings. The van der Waals surface area contributed by atoms with E-state index in [1.807, 2.05) is 20.8 Å². The van der Waals surface area contributed by atoms with Gasteiger partial charge < -0.3 is 25.6 Å². The monoisotopic (exact) mass is 307 g/mol. The second-order valence-electron chi connectivity index (χ2n) is 7.05. The number of carbonyl (C=O) groups excluding carboxylic acids is 1. The minimum absolute atomic E-state index is 0.238. The van der Waals surface area contributed by atoms with Crippen LogP contribution in [0.25, 0.3) is 0 Å². The lowest BCUT2D eigenvalue weighted by atomic mass is 9.91. The highest BCUT2D eigenvalue weighted by Crippen LogP contribution is 2.22. The van der Waals surface area contributed by atoms with Crippen molar-refractivity contribution in [3.8, 4) is 0 Å². The molecule has 0 aromatic heterocycles. The van der Waals surface area contributed by atoms with E-state index in [9.17, 15) is 20.2 Å². The number of aliphatic hydroxyl groups excluding tert-OH is 3. The van der Waals surface area contributed by atoms with Gasteiger partial charge in [0, 0.05) is 13.8 Å². The fraction of sp³-hybridized carbons (Fsp3) is 0.923. The van der Waals surface area contributed by atoms with E-state index in [0.717, 1.165) is 0 Å². The topological polar surface area (TPSA) is 135 Å². The minimum atomic E-state index is -1.48. The maximum absolute atomic E-state index is 12.3. The molecular formula is C13H29N3O5. The van der Waals surface area contributed by atoms with Crippen molar-refractivity contribution >= 4 is 5.91 Å². The van der Waals surface area contributed by atoms with Gasteiger partial charge in [-0.15, -0.1) is 0 Å². The molecule has 0 aliphatic rings. The number of aliphatic hydroxyl groups is 3. The molecule has 126 valence electrons. The zero-order chi connectivity index (χ0) is 17.0. The highest BCUT2D eigenvalue weighted by Gasteiger charge is 2.40. The van der Waals surface area contributed by atoms with Gasteiger partial charge in [0.05, 0.1) is 6.61 Å². The molecule has 3 unspecified atom stereocenters. The summed E-state index contributed by atoms with van der Waals surface area (Å²) < 4.78 is 0. The van der Waals surface area contributed by atoms with Crippen molar-refractivity contribution in [2.75, 3.05) is 13.2 Å². The van der Waals surface area contributed by atoms with Crippen LogP contribution in [-0.4, -0.2) is 57.3 Å². The average Bonchev–Trinajstić information content (AvgIpc) is 2.34. The first-order chi connectivity index (χ1) is 9.32. The van der Waals surface area contributed by atoms with Crippen LogP contribution in [0.4, 0.5) is 0 Å². The average molecular weight is 307 g/mol. The van der Waals surface area contributed by atoms with E-state index in [4.69, 9.17) is 10.9 Å². The molecule has 0 aliphatic carbocycles. The van der Waals surface area contributed by atoms with E-state index >= 15 is 0 Å². The van der Waals surface area contributed by atoms with Crippen molar-refractivity contribution in [2.45, 2.75) is 58.9 Å². The lowest BCUT2D eigenvalue weighted by Crippen LogP contribution is -3.18. The smallest absolute Gasteiger partial charge is 0.299 e. The van der Waals surface area contributed by atoms with E-state index in [2.05, 4.69) is 0 Å². The number of nitrogens with one attached hydrogen (secondary N) is 1. The molecule has 3 atom stereocenters. The molecular weight excluding hydrogens is 278 g/mol. The Kier molecular flexibility index (Phi) is 7.21. The molecule has 0 fully saturated rings. The first-order valence-electron chi connectivity index (χ1n) is 6.91. The van der Waals surface area contributed by atoms with Crippen LogP contribution in [0.3, 0.4) is 0 Å². The van der Waals surface area contributed by atoms with E-state index in [1.165, 1.54) is 13.8 Å². The normalized spacial score (nSPS) is 17.2. The van der Waals surface area contributed by atoms with Gasteiger partial charge in [-0.2, -0.15) is 0 Å². The third kappa shape index (κ3) is 6.25. The van der Waals surface area contributed by atoms with Crippen LogP contribution >= 0.6 is 0 Å². The molecule has 0 saturated carbocycles. The van der Waals surface area contributed by atoms with Gasteiger partial charge in [0.2, 0.25) is 0 Å². The van der Waals surface area contributed by atoms with E-state index in [0.29, 0.717) is 5.01 Å². The van der Waals surface area contributed by atoms with Gasteiger partial charge in [0.15, 0.2) is 5.54 Å². The molecule has 0 aromatic carbocycles. The molecule has 0 rings (SSSR count). The second-order valence-corrected chi connectivity index (χ2v) is 7.05. The van der Waals surface area contributed by atoms with Gasteiger partial charge in [-0.1, -0.05) is 20.8 Å². The van der Waals surface area contributed by atoms with Crippen LogP contribution in [0, 0.1) is 10.6 Å². The number of nitrogens with two attached hydrogens (primary N) is 1. The van der Waals surface area contributed by atoms with Crippen molar-refractivity contribution in [1.29, 1.82) is 0 Å². The molecule has 21 heavy (non-hydrogen) atoms. The van der Waals surface area contributed by atoms with Gasteiger partial charge in [-0.25, -0.2) is 10.9 Å². The third-order valence-corrected chi connectivity index (χ3v) is 3.21. The number of hydrogen-bond acceptors (Lipinski definition) is 6. The lowest BCUT2D eigenvalue weighted by molar-refractivity contribution is -0.893. The molecule has 0 saturated heterocycles. The maximum Gasteiger partial charge on any atom is 0.299 e. The molecule has 1 amide bonds. The fourth-order valence-electron chi connectivity index (χ4n) is 1.76. The quantitative estimate of drug-likeness (QED) is 0.159. The standard InChI is InChI=1S/C13H29N3O5/c1-12(2,3)6-10(19)16(14)11(20)13(4,5)15(21)7-9(18)8-17/h9-10,15,17-19H,6-8,14H2,1-5H3. The molecule has 6 N–H and O–H groups in total.